The number of ether oxygens (including phenoxy) is 1. The molecule has 1 amide bonds. The summed E-state index contributed by atoms with van der Waals surface area (Å²) in [6, 6.07) is 0. The first-order valence-electron chi connectivity index (χ1n) is 5.96. The van der Waals surface area contributed by atoms with Crippen LogP contribution in [0.1, 0.15) is 47.0 Å². The molecule has 1 unspecified atom stereocenters. The standard InChI is InChI=1S/C12H24N2O2/c1-11(2,3)16-10(15)14-8-6-5-7-12(4,13)9-14/h5-9,13H2,1-4H3. The van der Waals surface area contributed by atoms with Crippen LogP contribution in [0.5, 0.6) is 0 Å². The van der Waals surface area contributed by atoms with Gasteiger partial charge in [0, 0.05) is 18.6 Å². The number of carbonyl (C=O) groups excluding carboxylic acids is 1. The topological polar surface area (TPSA) is 55.6 Å². The largest absolute Gasteiger partial charge is 0.444 e. The number of hydrogen-bond acceptors (Lipinski definition) is 3. The number of rotatable bonds is 0. The molecule has 0 aromatic heterocycles. The van der Waals surface area contributed by atoms with Gasteiger partial charge in [-0.15, -0.1) is 0 Å². The van der Waals surface area contributed by atoms with Crippen molar-refractivity contribution in [2.45, 2.75) is 58.1 Å². The molecular formula is C12H24N2O2. The lowest BCUT2D eigenvalue weighted by atomic mass is 9.98. The van der Waals surface area contributed by atoms with Crippen LogP contribution < -0.4 is 5.73 Å². The van der Waals surface area contributed by atoms with Gasteiger partial charge >= 0.3 is 6.09 Å². The Kier molecular flexibility index (Phi) is 3.84. The van der Waals surface area contributed by atoms with Gasteiger partial charge in [-0.1, -0.05) is 0 Å². The molecule has 0 bridgehead atoms. The second kappa shape index (κ2) is 4.62. The van der Waals surface area contributed by atoms with E-state index in [2.05, 4.69) is 0 Å². The molecule has 0 spiro atoms. The van der Waals surface area contributed by atoms with Crippen molar-refractivity contribution in [1.29, 1.82) is 0 Å². The maximum atomic E-state index is 11.9. The molecule has 4 heteroatoms. The molecule has 1 saturated heterocycles. The highest BCUT2D eigenvalue weighted by molar-refractivity contribution is 5.68. The van der Waals surface area contributed by atoms with Gasteiger partial charge in [-0.05, 0) is 47.0 Å². The summed E-state index contributed by atoms with van der Waals surface area (Å²) in [7, 11) is 0. The van der Waals surface area contributed by atoms with Gasteiger partial charge in [0.05, 0.1) is 0 Å². The van der Waals surface area contributed by atoms with Gasteiger partial charge < -0.3 is 15.4 Å². The van der Waals surface area contributed by atoms with Crippen molar-refractivity contribution in [3.63, 3.8) is 0 Å². The van der Waals surface area contributed by atoms with E-state index >= 15 is 0 Å². The maximum absolute atomic E-state index is 11.9. The third kappa shape index (κ3) is 4.39. The summed E-state index contributed by atoms with van der Waals surface area (Å²) >= 11 is 0. The average Bonchev–Trinajstić information content (AvgIpc) is 2.23. The van der Waals surface area contributed by atoms with Crippen LogP contribution in [0.4, 0.5) is 4.79 Å². The number of nitrogens with two attached hydrogens (primary N) is 1. The average molecular weight is 228 g/mol. The van der Waals surface area contributed by atoms with Gasteiger partial charge in [0.1, 0.15) is 5.60 Å². The van der Waals surface area contributed by atoms with E-state index in [-0.39, 0.29) is 11.6 Å². The monoisotopic (exact) mass is 228 g/mol. The van der Waals surface area contributed by atoms with E-state index in [9.17, 15) is 4.79 Å². The molecular weight excluding hydrogens is 204 g/mol. The summed E-state index contributed by atoms with van der Waals surface area (Å²) in [5.41, 5.74) is 5.40. The van der Waals surface area contributed by atoms with E-state index in [1.807, 2.05) is 27.7 Å². The first kappa shape index (κ1) is 13.3. The molecule has 0 radical (unpaired) electrons. The fraction of sp³-hybridized carbons (Fsp3) is 0.917. The van der Waals surface area contributed by atoms with Gasteiger partial charge in [0.2, 0.25) is 0 Å². The Morgan fingerprint density at radius 1 is 1.38 bits per heavy atom. The predicted molar refractivity (Wildman–Crippen MR) is 64.3 cm³/mol. The molecule has 1 heterocycles. The fourth-order valence-corrected chi connectivity index (χ4v) is 1.91. The van der Waals surface area contributed by atoms with Crippen LogP contribution >= 0.6 is 0 Å². The fourth-order valence-electron chi connectivity index (χ4n) is 1.91. The summed E-state index contributed by atoms with van der Waals surface area (Å²) in [6.45, 7) is 8.97. The Morgan fingerprint density at radius 2 is 2.00 bits per heavy atom. The SMILES string of the molecule is CC1(N)CCCCN(C(=O)OC(C)(C)C)C1. The molecule has 1 atom stereocenters. The molecule has 1 aliphatic rings. The number of likely N-dealkylation sites (tertiary alicyclic amines) is 1. The number of amides is 1. The second-order valence-electron chi connectivity index (χ2n) is 6.01. The van der Waals surface area contributed by atoms with Crippen LogP contribution in [0.25, 0.3) is 0 Å². The summed E-state index contributed by atoms with van der Waals surface area (Å²) in [5.74, 6) is 0. The van der Waals surface area contributed by atoms with Crippen molar-refractivity contribution in [2.75, 3.05) is 13.1 Å². The highest BCUT2D eigenvalue weighted by Crippen LogP contribution is 2.20. The Balaban J connectivity index is 2.61. The number of carbonyl (C=O) groups is 1. The second-order valence-corrected chi connectivity index (χ2v) is 6.01. The summed E-state index contributed by atoms with van der Waals surface area (Å²) in [4.78, 5) is 13.6. The molecule has 16 heavy (non-hydrogen) atoms. The minimum atomic E-state index is -0.436. The van der Waals surface area contributed by atoms with E-state index in [0.717, 1.165) is 25.8 Å². The van der Waals surface area contributed by atoms with Crippen molar-refractivity contribution < 1.29 is 9.53 Å². The van der Waals surface area contributed by atoms with E-state index in [0.29, 0.717) is 6.54 Å². The highest BCUT2D eigenvalue weighted by atomic mass is 16.6. The van der Waals surface area contributed by atoms with Crippen molar-refractivity contribution in [3.8, 4) is 0 Å². The van der Waals surface area contributed by atoms with E-state index in [1.54, 1.807) is 4.90 Å². The normalized spacial score (nSPS) is 27.4. The molecule has 1 aliphatic heterocycles. The van der Waals surface area contributed by atoms with Gasteiger partial charge in [-0.3, -0.25) is 0 Å². The zero-order valence-electron chi connectivity index (χ0n) is 10.9. The van der Waals surface area contributed by atoms with E-state index < -0.39 is 5.60 Å². The minimum absolute atomic E-state index is 0.244. The first-order chi connectivity index (χ1) is 7.20. The highest BCUT2D eigenvalue weighted by Gasteiger charge is 2.30. The molecule has 0 aliphatic carbocycles. The number of nitrogens with zero attached hydrogens (tertiary/aromatic N) is 1. The Bertz CT molecular complexity index is 256. The Hall–Kier alpha value is -0.770. The van der Waals surface area contributed by atoms with Crippen LogP contribution in [0.15, 0.2) is 0 Å². The molecule has 2 N–H and O–H groups in total. The Morgan fingerprint density at radius 3 is 2.56 bits per heavy atom. The van der Waals surface area contributed by atoms with Crippen molar-refractivity contribution in [1.82, 2.24) is 4.90 Å². The van der Waals surface area contributed by atoms with Gasteiger partial charge in [0.15, 0.2) is 0 Å². The van der Waals surface area contributed by atoms with Crippen LogP contribution in [-0.2, 0) is 4.74 Å². The summed E-state index contributed by atoms with van der Waals surface area (Å²) in [5, 5.41) is 0. The molecule has 0 saturated carbocycles. The molecule has 1 fully saturated rings. The smallest absolute Gasteiger partial charge is 0.410 e. The Labute approximate surface area is 98.1 Å². The zero-order chi connectivity index (χ0) is 12.4. The first-order valence-corrected chi connectivity index (χ1v) is 5.96. The summed E-state index contributed by atoms with van der Waals surface area (Å²) < 4.78 is 5.36. The lowest BCUT2D eigenvalue weighted by molar-refractivity contribution is 0.0227. The van der Waals surface area contributed by atoms with E-state index in [1.165, 1.54) is 0 Å². The third-order valence-corrected chi connectivity index (χ3v) is 2.63. The van der Waals surface area contributed by atoms with Crippen LogP contribution in [0, 0.1) is 0 Å². The summed E-state index contributed by atoms with van der Waals surface area (Å²) in [6.07, 6.45) is 2.80. The lowest BCUT2D eigenvalue weighted by Gasteiger charge is -2.31. The van der Waals surface area contributed by atoms with Crippen LogP contribution in [0.3, 0.4) is 0 Å². The predicted octanol–water partition coefficient (Wildman–Crippen LogP) is 2.12. The van der Waals surface area contributed by atoms with Crippen LogP contribution in [0.2, 0.25) is 0 Å². The molecule has 94 valence electrons. The third-order valence-electron chi connectivity index (χ3n) is 2.63. The van der Waals surface area contributed by atoms with Gasteiger partial charge in [-0.25, -0.2) is 4.79 Å². The molecule has 4 nitrogen and oxygen atoms in total. The number of hydrogen-bond donors (Lipinski definition) is 1. The molecule has 0 aromatic carbocycles. The molecule has 0 aromatic rings. The van der Waals surface area contributed by atoms with Crippen molar-refractivity contribution in [2.24, 2.45) is 5.73 Å². The lowest BCUT2D eigenvalue weighted by Crippen LogP contribution is -2.49. The van der Waals surface area contributed by atoms with Crippen molar-refractivity contribution in [3.05, 3.63) is 0 Å². The zero-order valence-corrected chi connectivity index (χ0v) is 10.9. The minimum Gasteiger partial charge on any atom is -0.444 e. The molecule has 1 rings (SSSR count). The van der Waals surface area contributed by atoms with Crippen molar-refractivity contribution >= 4 is 6.09 Å². The van der Waals surface area contributed by atoms with Gasteiger partial charge in [0.25, 0.3) is 0 Å². The maximum Gasteiger partial charge on any atom is 0.410 e. The van der Waals surface area contributed by atoms with Crippen LogP contribution in [-0.4, -0.2) is 35.2 Å². The quantitative estimate of drug-likeness (QED) is 0.691. The van der Waals surface area contributed by atoms with E-state index in [4.69, 9.17) is 10.5 Å². The van der Waals surface area contributed by atoms with Gasteiger partial charge in [-0.2, -0.15) is 0 Å².